The van der Waals surface area contributed by atoms with Gasteiger partial charge >= 0.3 is 0 Å². The average Bonchev–Trinajstić information content (AvgIpc) is 3.27. The SMILES string of the molecule is COc1ccc(C2(NS(=O)(=O)c3ccccc3Cl)CC2)cc1. The third kappa shape index (κ3) is 2.84. The molecule has 0 aromatic heterocycles. The largest absolute Gasteiger partial charge is 0.497 e. The van der Waals surface area contributed by atoms with Crippen LogP contribution in [0.15, 0.2) is 53.4 Å². The van der Waals surface area contributed by atoms with Gasteiger partial charge in [0.25, 0.3) is 0 Å². The van der Waals surface area contributed by atoms with Gasteiger partial charge in [-0.15, -0.1) is 0 Å². The molecular weight excluding hydrogens is 322 g/mol. The Morgan fingerprint density at radius 2 is 1.73 bits per heavy atom. The fourth-order valence-corrected chi connectivity index (χ4v) is 4.43. The maximum absolute atomic E-state index is 12.6. The van der Waals surface area contributed by atoms with E-state index in [-0.39, 0.29) is 9.92 Å². The van der Waals surface area contributed by atoms with E-state index in [1.807, 2.05) is 24.3 Å². The highest BCUT2D eigenvalue weighted by atomic mass is 35.5. The molecule has 22 heavy (non-hydrogen) atoms. The van der Waals surface area contributed by atoms with Crippen molar-refractivity contribution in [1.29, 1.82) is 0 Å². The van der Waals surface area contributed by atoms with Crippen molar-refractivity contribution in [3.63, 3.8) is 0 Å². The number of hydrogen-bond acceptors (Lipinski definition) is 3. The third-order valence-electron chi connectivity index (χ3n) is 3.85. The topological polar surface area (TPSA) is 55.4 Å². The number of ether oxygens (including phenoxy) is 1. The zero-order valence-electron chi connectivity index (χ0n) is 12.0. The van der Waals surface area contributed by atoms with Crippen molar-refractivity contribution in [1.82, 2.24) is 4.72 Å². The number of methoxy groups -OCH3 is 1. The molecule has 0 aliphatic heterocycles. The Morgan fingerprint density at radius 3 is 2.27 bits per heavy atom. The minimum atomic E-state index is -3.66. The Bertz CT molecular complexity index is 783. The summed E-state index contributed by atoms with van der Waals surface area (Å²) in [7, 11) is -2.06. The van der Waals surface area contributed by atoms with Crippen molar-refractivity contribution in [3.8, 4) is 5.75 Å². The van der Waals surface area contributed by atoms with E-state index in [4.69, 9.17) is 16.3 Å². The van der Waals surface area contributed by atoms with Gasteiger partial charge in [0.1, 0.15) is 10.6 Å². The van der Waals surface area contributed by atoms with Crippen LogP contribution in [0.25, 0.3) is 0 Å². The number of rotatable bonds is 5. The highest BCUT2D eigenvalue weighted by Gasteiger charge is 2.47. The molecule has 1 N–H and O–H groups in total. The van der Waals surface area contributed by atoms with Crippen LogP contribution in [-0.4, -0.2) is 15.5 Å². The Labute approximate surface area is 135 Å². The molecule has 0 bridgehead atoms. The standard InChI is InChI=1S/C16H16ClNO3S/c1-21-13-8-6-12(7-9-13)16(10-11-16)18-22(19,20)15-5-3-2-4-14(15)17/h2-9,18H,10-11H2,1H3. The van der Waals surface area contributed by atoms with Crippen molar-refractivity contribution in [3.05, 3.63) is 59.1 Å². The lowest BCUT2D eigenvalue weighted by Gasteiger charge is -2.19. The minimum Gasteiger partial charge on any atom is -0.497 e. The summed E-state index contributed by atoms with van der Waals surface area (Å²) in [6.45, 7) is 0. The molecule has 0 saturated heterocycles. The molecule has 0 heterocycles. The summed E-state index contributed by atoms with van der Waals surface area (Å²) in [6.07, 6.45) is 1.53. The summed E-state index contributed by atoms with van der Waals surface area (Å²) in [5.41, 5.74) is 0.397. The van der Waals surface area contributed by atoms with Gasteiger partial charge in [-0.1, -0.05) is 35.9 Å². The second-order valence-electron chi connectivity index (χ2n) is 5.35. The van der Waals surface area contributed by atoms with Crippen molar-refractivity contribution in [2.75, 3.05) is 7.11 Å². The van der Waals surface area contributed by atoms with Gasteiger partial charge in [0.05, 0.1) is 17.7 Å². The van der Waals surface area contributed by atoms with Gasteiger partial charge in [0.15, 0.2) is 0 Å². The maximum atomic E-state index is 12.6. The van der Waals surface area contributed by atoms with E-state index in [1.54, 1.807) is 25.3 Å². The van der Waals surface area contributed by atoms with Crippen LogP contribution in [0, 0.1) is 0 Å². The summed E-state index contributed by atoms with van der Waals surface area (Å²) in [5.74, 6) is 0.744. The highest BCUT2D eigenvalue weighted by molar-refractivity contribution is 7.89. The van der Waals surface area contributed by atoms with Gasteiger partial charge in [-0.25, -0.2) is 13.1 Å². The van der Waals surface area contributed by atoms with Crippen LogP contribution in [-0.2, 0) is 15.6 Å². The highest BCUT2D eigenvalue weighted by Crippen LogP contribution is 2.47. The molecule has 2 aromatic rings. The van der Waals surface area contributed by atoms with Crippen LogP contribution in [0.5, 0.6) is 5.75 Å². The first-order valence-corrected chi connectivity index (χ1v) is 8.76. The normalized spacial score (nSPS) is 16.3. The zero-order valence-corrected chi connectivity index (χ0v) is 13.6. The molecule has 2 aromatic carbocycles. The third-order valence-corrected chi connectivity index (χ3v) is 5.88. The van der Waals surface area contributed by atoms with Crippen LogP contribution in [0.2, 0.25) is 5.02 Å². The average molecular weight is 338 g/mol. The molecule has 1 aliphatic carbocycles. The molecule has 3 rings (SSSR count). The molecule has 1 saturated carbocycles. The molecular formula is C16H16ClNO3S. The Kier molecular flexibility index (Phi) is 3.89. The summed E-state index contributed by atoms with van der Waals surface area (Å²) in [6, 6.07) is 13.9. The molecule has 1 aliphatic rings. The molecule has 116 valence electrons. The van der Waals surface area contributed by atoms with Gasteiger partial charge in [0, 0.05) is 0 Å². The number of sulfonamides is 1. The van der Waals surface area contributed by atoms with E-state index in [2.05, 4.69) is 4.72 Å². The molecule has 4 nitrogen and oxygen atoms in total. The molecule has 0 atom stereocenters. The van der Waals surface area contributed by atoms with Crippen LogP contribution >= 0.6 is 11.6 Å². The van der Waals surface area contributed by atoms with Crippen molar-refractivity contribution in [2.24, 2.45) is 0 Å². The fraction of sp³-hybridized carbons (Fsp3) is 0.250. The molecule has 0 unspecified atom stereocenters. The van der Waals surface area contributed by atoms with Crippen LogP contribution < -0.4 is 9.46 Å². The van der Waals surface area contributed by atoms with E-state index in [1.165, 1.54) is 6.07 Å². The lowest BCUT2D eigenvalue weighted by Crippen LogP contribution is -2.35. The molecule has 0 spiro atoms. The number of benzene rings is 2. The zero-order chi connectivity index (χ0) is 15.8. The molecule has 0 amide bonds. The van der Waals surface area contributed by atoms with Crippen molar-refractivity contribution >= 4 is 21.6 Å². The van der Waals surface area contributed by atoms with Crippen LogP contribution in [0.1, 0.15) is 18.4 Å². The molecule has 1 fully saturated rings. The monoisotopic (exact) mass is 337 g/mol. The van der Waals surface area contributed by atoms with Gasteiger partial charge in [-0.3, -0.25) is 0 Å². The van der Waals surface area contributed by atoms with Gasteiger partial charge in [0.2, 0.25) is 10.0 Å². The van der Waals surface area contributed by atoms with Crippen LogP contribution in [0.3, 0.4) is 0 Å². The predicted molar refractivity (Wildman–Crippen MR) is 85.7 cm³/mol. The van der Waals surface area contributed by atoms with Crippen LogP contribution in [0.4, 0.5) is 0 Å². The van der Waals surface area contributed by atoms with Gasteiger partial charge in [-0.2, -0.15) is 0 Å². The number of hydrogen-bond donors (Lipinski definition) is 1. The second-order valence-corrected chi connectivity index (χ2v) is 7.40. The predicted octanol–water partition coefficient (Wildman–Crippen LogP) is 3.32. The number of halogens is 1. The molecule has 6 heteroatoms. The Morgan fingerprint density at radius 1 is 1.09 bits per heavy atom. The van der Waals surface area contributed by atoms with E-state index in [9.17, 15) is 8.42 Å². The summed E-state index contributed by atoms with van der Waals surface area (Å²) in [4.78, 5) is 0.108. The van der Waals surface area contributed by atoms with E-state index in [0.717, 1.165) is 24.2 Å². The first-order chi connectivity index (χ1) is 10.5. The fourth-order valence-electron chi connectivity index (χ4n) is 2.46. The summed E-state index contributed by atoms with van der Waals surface area (Å²) >= 11 is 6.01. The van der Waals surface area contributed by atoms with Crippen molar-refractivity contribution in [2.45, 2.75) is 23.3 Å². The maximum Gasteiger partial charge on any atom is 0.242 e. The van der Waals surface area contributed by atoms with Gasteiger partial charge < -0.3 is 4.74 Å². The second kappa shape index (κ2) is 5.57. The van der Waals surface area contributed by atoms with Crippen molar-refractivity contribution < 1.29 is 13.2 Å². The quantitative estimate of drug-likeness (QED) is 0.910. The lowest BCUT2D eigenvalue weighted by molar-refractivity contribution is 0.414. The number of nitrogens with one attached hydrogen (secondary N) is 1. The summed E-state index contributed by atoms with van der Waals surface area (Å²) < 4.78 is 33.1. The van der Waals surface area contributed by atoms with E-state index >= 15 is 0 Å². The summed E-state index contributed by atoms with van der Waals surface area (Å²) in [5, 5.41) is 0.223. The smallest absolute Gasteiger partial charge is 0.242 e. The first kappa shape index (κ1) is 15.3. The lowest BCUT2D eigenvalue weighted by atomic mass is 10.1. The molecule has 0 radical (unpaired) electrons. The minimum absolute atomic E-state index is 0.108. The Hall–Kier alpha value is -1.56. The van der Waals surface area contributed by atoms with Gasteiger partial charge in [-0.05, 0) is 42.7 Å². The Balaban J connectivity index is 1.89. The van der Waals surface area contributed by atoms with E-state index < -0.39 is 15.6 Å². The first-order valence-electron chi connectivity index (χ1n) is 6.90. The van der Waals surface area contributed by atoms with E-state index in [0.29, 0.717) is 0 Å².